The number of nitrogens with zero attached hydrogens (tertiary/aromatic N) is 1. The lowest BCUT2D eigenvalue weighted by Crippen LogP contribution is -2.40. The van der Waals surface area contributed by atoms with Gasteiger partial charge in [-0.2, -0.15) is 0 Å². The van der Waals surface area contributed by atoms with E-state index in [9.17, 15) is 5.11 Å². The number of nitrogen functional groups attached to an aromatic ring is 1. The molecule has 4 nitrogen and oxygen atoms in total. The van der Waals surface area contributed by atoms with Gasteiger partial charge in [0, 0.05) is 29.7 Å². The summed E-state index contributed by atoms with van der Waals surface area (Å²) < 4.78 is 0. The maximum Gasteiger partial charge on any atom is 0.0819 e. The van der Waals surface area contributed by atoms with Crippen molar-refractivity contribution in [2.75, 3.05) is 17.6 Å². The Balaban J connectivity index is 1.75. The van der Waals surface area contributed by atoms with Gasteiger partial charge in [0.05, 0.1) is 17.0 Å². The third-order valence-electron chi connectivity index (χ3n) is 4.67. The van der Waals surface area contributed by atoms with Crippen LogP contribution in [0.3, 0.4) is 0 Å². The number of aliphatic hydroxyl groups is 1. The molecular formula is C17H23N3O. The van der Waals surface area contributed by atoms with E-state index in [4.69, 9.17) is 5.73 Å². The van der Waals surface area contributed by atoms with Gasteiger partial charge in [0.1, 0.15) is 0 Å². The summed E-state index contributed by atoms with van der Waals surface area (Å²) in [5.74, 6) is 0.725. The quantitative estimate of drug-likeness (QED) is 0.757. The second kappa shape index (κ2) is 5.53. The van der Waals surface area contributed by atoms with E-state index in [1.807, 2.05) is 24.4 Å². The number of anilines is 2. The molecule has 1 fully saturated rings. The molecule has 0 radical (unpaired) electrons. The van der Waals surface area contributed by atoms with E-state index in [2.05, 4.69) is 17.2 Å². The van der Waals surface area contributed by atoms with Crippen LogP contribution in [0.25, 0.3) is 10.8 Å². The Labute approximate surface area is 125 Å². The van der Waals surface area contributed by atoms with E-state index >= 15 is 0 Å². The molecule has 4 heteroatoms. The standard InChI is InChI=1S/C17H23N3O/c1-12-4-7-17(21,8-5-12)11-20-15-3-2-13-10-19-9-6-14(13)16(15)18/h2-3,6,9-10,12,20-21H,4-5,7-8,11,18H2,1H3. The third-order valence-corrected chi connectivity index (χ3v) is 4.67. The molecule has 0 amide bonds. The molecule has 1 aromatic carbocycles. The fourth-order valence-electron chi connectivity index (χ4n) is 3.08. The average molecular weight is 285 g/mol. The number of benzene rings is 1. The lowest BCUT2D eigenvalue weighted by atomic mass is 9.79. The predicted molar refractivity (Wildman–Crippen MR) is 87.2 cm³/mol. The molecule has 1 heterocycles. The number of pyridine rings is 1. The van der Waals surface area contributed by atoms with Crippen molar-refractivity contribution in [3.63, 3.8) is 0 Å². The van der Waals surface area contributed by atoms with Gasteiger partial charge in [0.2, 0.25) is 0 Å². The molecule has 0 bridgehead atoms. The molecule has 1 aromatic heterocycles. The average Bonchev–Trinajstić information content (AvgIpc) is 2.50. The Bertz CT molecular complexity index is 633. The van der Waals surface area contributed by atoms with Gasteiger partial charge in [-0.25, -0.2) is 0 Å². The maximum atomic E-state index is 10.6. The van der Waals surface area contributed by atoms with Crippen LogP contribution in [0.15, 0.2) is 30.6 Å². The predicted octanol–water partition coefficient (Wildman–Crippen LogP) is 3.17. The first-order valence-corrected chi connectivity index (χ1v) is 7.66. The number of nitrogens with two attached hydrogens (primary N) is 1. The second-order valence-corrected chi connectivity index (χ2v) is 6.38. The monoisotopic (exact) mass is 285 g/mol. The first-order valence-electron chi connectivity index (χ1n) is 7.66. The van der Waals surface area contributed by atoms with E-state index < -0.39 is 5.60 Å². The molecule has 1 aliphatic carbocycles. The Hall–Kier alpha value is -1.81. The number of aromatic nitrogens is 1. The lowest BCUT2D eigenvalue weighted by molar-refractivity contribution is 0.00503. The van der Waals surface area contributed by atoms with Crippen molar-refractivity contribution in [2.45, 2.75) is 38.2 Å². The fourth-order valence-corrected chi connectivity index (χ4v) is 3.08. The summed E-state index contributed by atoms with van der Waals surface area (Å²) >= 11 is 0. The van der Waals surface area contributed by atoms with Gasteiger partial charge in [-0.1, -0.05) is 13.0 Å². The van der Waals surface area contributed by atoms with Crippen molar-refractivity contribution in [1.29, 1.82) is 0 Å². The fraction of sp³-hybridized carbons (Fsp3) is 0.471. The normalized spacial score (nSPS) is 25.9. The summed E-state index contributed by atoms with van der Waals surface area (Å²) in [6.45, 7) is 2.81. The van der Waals surface area contributed by atoms with E-state index in [0.29, 0.717) is 6.54 Å². The first-order chi connectivity index (χ1) is 10.1. The zero-order valence-corrected chi connectivity index (χ0v) is 12.5. The van der Waals surface area contributed by atoms with Gasteiger partial charge in [-0.3, -0.25) is 4.98 Å². The molecule has 0 unspecified atom stereocenters. The van der Waals surface area contributed by atoms with Crippen LogP contribution in [-0.4, -0.2) is 22.2 Å². The van der Waals surface area contributed by atoms with Gasteiger partial charge < -0.3 is 16.2 Å². The Kier molecular flexibility index (Phi) is 3.72. The molecule has 0 aliphatic heterocycles. The summed E-state index contributed by atoms with van der Waals surface area (Å²) in [7, 11) is 0. The molecule has 21 heavy (non-hydrogen) atoms. The van der Waals surface area contributed by atoms with Crippen LogP contribution >= 0.6 is 0 Å². The molecule has 0 saturated heterocycles. The van der Waals surface area contributed by atoms with Crippen molar-refractivity contribution >= 4 is 22.1 Å². The SMILES string of the molecule is CC1CCC(O)(CNc2ccc3cnccc3c2N)CC1. The van der Waals surface area contributed by atoms with Crippen LogP contribution < -0.4 is 11.1 Å². The highest BCUT2D eigenvalue weighted by atomic mass is 16.3. The van der Waals surface area contributed by atoms with Gasteiger partial charge in [-0.15, -0.1) is 0 Å². The molecule has 0 atom stereocenters. The summed E-state index contributed by atoms with van der Waals surface area (Å²) in [4.78, 5) is 4.11. The van der Waals surface area contributed by atoms with Gasteiger partial charge in [0.25, 0.3) is 0 Å². The molecule has 1 saturated carbocycles. The number of rotatable bonds is 3. The topological polar surface area (TPSA) is 71.2 Å². The summed E-state index contributed by atoms with van der Waals surface area (Å²) in [6.07, 6.45) is 7.47. The van der Waals surface area contributed by atoms with Gasteiger partial charge in [-0.05, 0) is 43.7 Å². The zero-order chi connectivity index (χ0) is 14.9. The maximum absolute atomic E-state index is 10.6. The summed E-state index contributed by atoms with van der Waals surface area (Å²) in [5.41, 5.74) is 7.24. The highest BCUT2D eigenvalue weighted by Crippen LogP contribution is 2.33. The van der Waals surface area contributed by atoms with Crippen LogP contribution in [0.1, 0.15) is 32.6 Å². The molecule has 112 valence electrons. The molecule has 1 aliphatic rings. The van der Waals surface area contributed by atoms with Gasteiger partial charge >= 0.3 is 0 Å². The van der Waals surface area contributed by atoms with Gasteiger partial charge in [0.15, 0.2) is 0 Å². The van der Waals surface area contributed by atoms with Crippen LogP contribution in [-0.2, 0) is 0 Å². The van der Waals surface area contributed by atoms with E-state index in [1.165, 1.54) is 0 Å². The Morgan fingerprint density at radius 2 is 2.10 bits per heavy atom. The summed E-state index contributed by atoms with van der Waals surface area (Å²) in [5, 5.41) is 16.0. The number of hydrogen-bond acceptors (Lipinski definition) is 4. The van der Waals surface area contributed by atoms with Crippen molar-refractivity contribution in [3.05, 3.63) is 30.6 Å². The Morgan fingerprint density at radius 3 is 2.86 bits per heavy atom. The molecule has 3 rings (SSSR count). The number of hydrogen-bond donors (Lipinski definition) is 3. The minimum absolute atomic E-state index is 0.556. The Morgan fingerprint density at radius 1 is 1.33 bits per heavy atom. The van der Waals surface area contributed by atoms with Crippen molar-refractivity contribution in [2.24, 2.45) is 5.92 Å². The molecular weight excluding hydrogens is 262 g/mol. The van der Waals surface area contributed by atoms with Crippen LogP contribution in [0.4, 0.5) is 11.4 Å². The third kappa shape index (κ3) is 2.95. The highest BCUT2D eigenvalue weighted by Gasteiger charge is 2.31. The van der Waals surface area contributed by atoms with Crippen molar-refractivity contribution < 1.29 is 5.11 Å². The van der Waals surface area contributed by atoms with E-state index in [-0.39, 0.29) is 0 Å². The minimum Gasteiger partial charge on any atom is -0.397 e. The second-order valence-electron chi connectivity index (χ2n) is 6.38. The largest absolute Gasteiger partial charge is 0.397 e. The van der Waals surface area contributed by atoms with Crippen LogP contribution in [0.5, 0.6) is 0 Å². The highest BCUT2D eigenvalue weighted by molar-refractivity contribution is 5.98. The molecule has 2 aromatic rings. The van der Waals surface area contributed by atoms with Crippen molar-refractivity contribution in [1.82, 2.24) is 4.98 Å². The van der Waals surface area contributed by atoms with E-state index in [1.54, 1.807) is 6.20 Å². The van der Waals surface area contributed by atoms with E-state index in [0.717, 1.165) is 53.7 Å². The van der Waals surface area contributed by atoms with Crippen LogP contribution in [0.2, 0.25) is 0 Å². The lowest BCUT2D eigenvalue weighted by Gasteiger charge is -2.35. The molecule has 4 N–H and O–H groups in total. The first kappa shape index (κ1) is 14.1. The smallest absolute Gasteiger partial charge is 0.0819 e. The number of nitrogens with one attached hydrogen (secondary N) is 1. The number of fused-ring (bicyclic) bond motifs is 1. The van der Waals surface area contributed by atoms with Crippen molar-refractivity contribution in [3.8, 4) is 0 Å². The minimum atomic E-state index is -0.605. The van der Waals surface area contributed by atoms with Crippen LogP contribution in [0, 0.1) is 5.92 Å². The molecule has 0 spiro atoms. The zero-order valence-electron chi connectivity index (χ0n) is 12.5. The summed E-state index contributed by atoms with van der Waals surface area (Å²) in [6, 6.07) is 5.90.